The molecular formula is C10H15N3OS. The van der Waals surface area contributed by atoms with E-state index in [9.17, 15) is 0 Å². The van der Waals surface area contributed by atoms with Crippen LogP contribution in [0.4, 0.5) is 5.13 Å². The van der Waals surface area contributed by atoms with Crippen molar-refractivity contribution in [2.45, 2.75) is 19.8 Å². The van der Waals surface area contributed by atoms with Crippen molar-refractivity contribution in [3.8, 4) is 0 Å². The number of ether oxygens (including phenoxy) is 1. The first kappa shape index (κ1) is 10.6. The number of anilines is 1. The first-order valence-corrected chi connectivity index (χ1v) is 5.96. The lowest BCUT2D eigenvalue weighted by molar-refractivity contribution is 0.153. The van der Waals surface area contributed by atoms with Crippen LogP contribution in [-0.2, 0) is 4.74 Å². The lowest BCUT2D eigenvalue weighted by Gasteiger charge is -2.13. The highest BCUT2D eigenvalue weighted by Crippen LogP contribution is 2.15. The maximum Gasteiger partial charge on any atom is 0.205 e. The summed E-state index contributed by atoms with van der Waals surface area (Å²) in [4.78, 5) is 0. The van der Waals surface area contributed by atoms with Gasteiger partial charge in [0.25, 0.3) is 0 Å². The average Bonchev–Trinajstić information content (AvgIpc) is 2.66. The van der Waals surface area contributed by atoms with Crippen molar-refractivity contribution in [1.29, 1.82) is 0 Å². The average molecular weight is 225 g/mol. The number of nitrogens with zero attached hydrogens (tertiary/aromatic N) is 2. The summed E-state index contributed by atoms with van der Waals surface area (Å²) in [5, 5.41) is 13.2. The van der Waals surface area contributed by atoms with Crippen LogP contribution >= 0.6 is 11.3 Å². The molecule has 1 aliphatic heterocycles. The van der Waals surface area contributed by atoms with E-state index in [0.29, 0.717) is 0 Å². The molecule has 0 bridgehead atoms. The van der Waals surface area contributed by atoms with Gasteiger partial charge >= 0.3 is 0 Å². The second-order valence-electron chi connectivity index (χ2n) is 3.49. The highest BCUT2D eigenvalue weighted by atomic mass is 32.1. The third-order valence-electron chi connectivity index (χ3n) is 2.31. The van der Waals surface area contributed by atoms with Crippen LogP contribution in [0.2, 0.25) is 0 Å². The minimum absolute atomic E-state index is 0.771. The first-order chi connectivity index (χ1) is 7.34. The molecule has 0 saturated heterocycles. The van der Waals surface area contributed by atoms with Crippen molar-refractivity contribution in [2.75, 3.05) is 25.1 Å². The van der Waals surface area contributed by atoms with Crippen molar-refractivity contribution in [2.24, 2.45) is 0 Å². The zero-order chi connectivity index (χ0) is 10.5. The summed E-state index contributed by atoms with van der Waals surface area (Å²) in [6.07, 6.45) is 4.31. The van der Waals surface area contributed by atoms with E-state index in [4.69, 9.17) is 4.74 Å². The number of aromatic nitrogens is 2. The molecular weight excluding hydrogens is 210 g/mol. The predicted molar refractivity (Wildman–Crippen MR) is 61.3 cm³/mol. The van der Waals surface area contributed by atoms with Gasteiger partial charge in [0.2, 0.25) is 5.13 Å². The number of nitrogens with one attached hydrogen (secondary N) is 1. The van der Waals surface area contributed by atoms with Crippen LogP contribution < -0.4 is 5.32 Å². The van der Waals surface area contributed by atoms with Gasteiger partial charge in [-0.05, 0) is 19.8 Å². The van der Waals surface area contributed by atoms with Crippen molar-refractivity contribution in [1.82, 2.24) is 10.2 Å². The smallest absolute Gasteiger partial charge is 0.205 e. The van der Waals surface area contributed by atoms with Gasteiger partial charge in [0.1, 0.15) is 5.01 Å². The van der Waals surface area contributed by atoms with E-state index in [-0.39, 0.29) is 0 Å². The lowest BCUT2D eigenvalue weighted by Crippen LogP contribution is -2.08. The third kappa shape index (κ3) is 3.28. The molecule has 4 nitrogen and oxygen atoms in total. The summed E-state index contributed by atoms with van der Waals surface area (Å²) in [5.74, 6) is 0. The largest absolute Gasteiger partial charge is 0.377 e. The summed E-state index contributed by atoms with van der Waals surface area (Å²) < 4.78 is 5.25. The molecule has 0 radical (unpaired) electrons. The molecule has 0 aliphatic carbocycles. The molecule has 0 spiro atoms. The lowest BCUT2D eigenvalue weighted by atomic mass is 10.1. The molecule has 5 heteroatoms. The van der Waals surface area contributed by atoms with E-state index in [0.717, 1.165) is 42.7 Å². The van der Waals surface area contributed by atoms with Gasteiger partial charge in [-0.25, -0.2) is 0 Å². The second-order valence-corrected chi connectivity index (χ2v) is 4.67. The molecule has 1 aromatic rings. The van der Waals surface area contributed by atoms with Gasteiger partial charge in [0, 0.05) is 6.54 Å². The van der Waals surface area contributed by atoms with E-state index in [1.165, 1.54) is 5.57 Å². The molecule has 1 aliphatic rings. The molecule has 1 N–H and O–H groups in total. The molecule has 82 valence electrons. The van der Waals surface area contributed by atoms with Crippen LogP contribution in [0.3, 0.4) is 0 Å². The van der Waals surface area contributed by atoms with E-state index < -0.39 is 0 Å². The summed E-state index contributed by atoms with van der Waals surface area (Å²) in [5.41, 5.74) is 1.48. The molecule has 0 saturated carbocycles. The molecule has 0 unspecified atom stereocenters. The quantitative estimate of drug-likeness (QED) is 0.796. The van der Waals surface area contributed by atoms with Gasteiger partial charge in [-0.3, -0.25) is 0 Å². The number of hydrogen-bond donors (Lipinski definition) is 1. The summed E-state index contributed by atoms with van der Waals surface area (Å²) in [7, 11) is 0. The summed E-state index contributed by atoms with van der Waals surface area (Å²) in [6, 6.07) is 0. The number of rotatable bonds is 4. The van der Waals surface area contributed by atoms with Crippen LogP contribution in [0.1, 0.15) is 17.8 Å². The Morgan fingerprint density at radius 2 is 2.47 bits per heavy atom. The highest BCUT2D eigenvalue weighted by Gasteiger charge is 2.04. The van der Waals surface area contributed by atoms with Crippen LogP contribution in [0.15, 0.2) is 11.6 Å². The van der Waals surface area contributed by atoms with Crippen LogP contribution in [-0.4, -0.2) is 30.0 Å². The van der Waals surface area contributed by atoms with Gasteiger partial charge in [-0.1, -0.05) is 23.0 Å². The third-order valence-corrected chi connectivity index (χ3v) is 3.10. The number of hydrogen-bond acceptors (Lipinski definition) is 5. The van der Waals surface area contributed by atoms with E-state index >= 15 is 0 Å². The van der Waals surface area contributed by atoms with Gasteiger partial charge < -0.3 is 10.1 Å². The van der Waals surface area contributed by atoms with Crippen LogP contribution in [0.25, 0.3) is 0 Å². The Morgan fingerprint density at radius 3 is 3.13 bits per heavy atom. The van der Waals surface area contributed by atoms with E-state index in [2.05, 4.69) is 21.6 Å². The fraction of sp³-hybridized carbons (Fsp3) is 0.600. The molecule has 0 fully saturated rings. The summed E-state index contributed by atoms with van der Waals surface area (Å²) >= 11 is 1.60. The Hall–Kier alpha value is -0.940. The maximum absolute atomic E-state index is 5.25. The SMILES string of the molecule is Cc1nnc(NCCC2=CCOCC2)s1. The van der Waals surface area contributed by atoms with Gasteiger partial charge in [0.15, 0.2) is 0 Å². The van der Waals surface area contributed by atoms with Gasteiger partial charge in [-0.15, -0.1) is 10.2 Å². The number of aryl methyl sites for hydroxylation is 1. The predicted octanol–water partition coefficient (Wildman–Crippen LogP) is 2.00. The summed E-state index contributed by atoms with van der Waals surface area (Å²) in [6.45, 7) is 4.53. The highest BCUT2D eigenvalue weighted by molar-refractivity contribution is 7.15. The van der Waals surface area contributed by atoms with Crippen molar-refractivity contribution in [3.63, 3.8) is 0 Å². The Kier molecular flexibility index (Phi) is 3.69. The fourth-order valence-corrected chi connectivity index (χ4v) is 2.11. The molecule has 15 heavy (non-hydrogen) atoms. The second kappa shape index (κ2) is 5.23. The Morgan fingerprint density at radius 1 is 1.53 bits per heavy atom. The maximum atomic E-state index is 5.25. The minimum Gasteiger partial charge on any atom is -0.377 e. The molecule has 1 aromatic heterocycles. The van der Waals surface area contributed by atoms with Gasteiger partial charge in [-0.2, -0.15) is 0 Å². The van der Waals surface area contributed by atoms with Gasteiger partial charge in [0.05, 0.1) is 13.2 Å². The zero-order valence-corrected chi connectivity index (χ0v) is 9.64. The zero-order valence-electron chi connectivity index (χ0n) is 8.82. The standard InChI is InChI=1S/C10H15N3OS/c1-8-12-13-10(15-8)11-5-2-9-3-6-14-7-4-9/h3H,2,4-7H2,1H3,(H,11,13). The molecule has 0 aromatic carbocycles. The van der Waals surface area contributed by atoms with Crippen molar-refractivity contribution in [3.05, 3.63) is 16.7 Å². The van der Waals surface area contributed by atoms with E-state index in [1.807, 2.05) is 6.92 Å². The Bertz CT molecular complexity index is 348. The molecule has 0 atom stereocenters. The van der Waals surface area contributed by atoms with Crippen molar-refractivity contribution < 1.29 is 4.74 Å². The topological polar surface area (TPSA) is 47.0 Å². The monoisotopic (exact) mass is 225 g/mol. The fourth-order valence-electron chi connectivity index (χ4n) is 1.49. The Balaban J connectivity index is 1.72. The first-order valence-electron chi connectivity index (χ1n) is 5.14. The minimum atomic E-state index is 0.771. The van der Waals surface area contributed by atoms with Crippen LogP contribution in [0, 0.1) is 6.92 Å². The Labute approximate surface area is 93.4 Å². The van der Waals surface area contributed by atoms with Crippen molar-refractivity contribution >= 4 is 16.5 Å². The molecule has 2 rings (SSSR count). The van der Waals surface area contributed by atoms with E-state index in [1.54, 1.807) is 11.3 Å². The molecule has 0 amide bonds. The molecule has 2 heterocycles. The normalized spacial score (nSPS) is 16.2. The van der Waals surface area contributed by atoms with Crippen LogP contribution in [0.5, 0.6) is 0 Å².